The molecular weight excluding hydrogens is 789 g/mol. The summed E-state index contributed by atoms with van der Waals surface area (Å²) in [6.07, 6.45) is 42.7. The molecule has 4 aromatic carbocycles. The topological polar surface area (TPSA) is 51.6 Å². The van der Waals surface area contributed by atoms with E-state index in [2.05, 4.69) is 201 Å². The van der Waals surface area contributed by atoms with Crippen LogP contribution in [0.1, 0.15) is 71.3 Å². The van der Waals surface area contributed by atoms with Gasteiger partial charge in [-0.25, -0.2) is 19.9 Å². The lowest BCUT2D eigenvalue weighted by Crippen LogP contribution is -2.22. The molecule has 4 aliphatic carbocycles. The third kappa shape index (κ3) is 8.64. The second-order valence-electron chi connectivity index (χ2n) is 16.8. The minimum absolute atomic E-state index is 0.653. The largest absolute Gasteiger partial charge is 0.228 e. The van der Waals surface area contributed by atoms with Crippen LogP contribution in [0.4, 0.5) is 0 Å². The lowest BCUT2D eigenvalue weighted by molar-refractivity contribution is 0.819. The van der Waals surface area contributed by atoms with Gasteiger partial charge in [-0.1, -0.05) is 182 Å². The molecule has 0 unspecified atom stereocenters. The average Bonchev–Trinajstić information content (AvgIpc) is 3.97. The van der Waals surface area contributed by atoms with Crippen molar-refractivity contribution < 1.29 is 0 Å². The second kappa shape index (κ2) is 18.5. The monoisotopic (exact) mass is 838 g/mol. The van der Waals surface area contributed by atoms with Crippen LogP contribution >= 0.6 is 0 Å². The van der Waals surface area contributed by atoms with E-state index in [1.807, 2.05) is 18.2 Å². The van der Waals surface area contributed by atoms with Gasteiger partial charge in [0.1, 0.15) is 0 Å². The van der Waals surface area contributed by atoms with Crippen molar-refractivity contribution in [1.29, 1.82) is 0 Å². The molecule has 0 spiro atoms. The van der Waals surface area contributed by atoms with Crippen molar-refractivity contribution in [1.82, 2.24) is 19.9 Å². The van der Waals surface area contributed by atoms with E-state index < -0.39 is 5.41 Å². The van der Waals surface area contributed by atoms with E-state index in [1.54, 1.807) is 0 Å². The van der Waals surface area contributed by atoms with Gasteiger partial charge in [0.25, 0.3) is 0 Å². The van der Waals surface area contributed by atoms with Gasteiger partial charge in [0, 0.05) is 22.3 Å². The summed E-state index contributed by atoms with van der Waals surface area (Å²) in [5, 5.41) is 0. The van der Waals surface area contributed by atoms with Crippen LogP contribution in [0.5, 0.6) is 0 Å². The van der Waals surface area contributed by atoms with Gasteiger partial charge < -0.3 is 0 Å². The maximum atomic E-state index is 5.27. The highest BCUT2D eigenvalue weighted by Crippen LogP contribution is 2.40. The van der Waals surface area contributed by atoms with Crippen LogP contribution in [-0.4, -0.2) is 19.9 Å². The van der Waals surface area contributed by atoms with Crippen LogP contribution in [-0.2, 0) is 11.8 Å². The molecule has 0 saturated heterocycles. The molecule has 2 aromatic heterocycles. The Kier molecular flexibility index (Phi) is 11.7. The van der Waals surface area contributed by atoms with E-state index >= 15 is 0 Å². The molecule has 0 amide bonds. The smallest absolute Gasteiger partial charge is 0.160 e. The van der Waals surface area contributed by atoms with Crippen molar-refractivity contribution in [3.8, 4) is 45.3 Å². The van der Waals surface area contributed by atoms with Crippen LogP contribution in [0.3, 0.4) is 0 Å². The van der Waals surface area contributed by atoms with Gasteiger partial charge in [-0.3, -0.25) is 0 Å². The molecule has 4 heteroatoms. The fourth-order valence-corrected chi connectivity index (χ4v) is 9.06. The molecule has 2 heterocycles. The SMILES string of the molecule is C=CC(C=C)(C1=CC=C(c2cc(C3=CCCCC=C3)nc(-c3ccc4c(c3)C=CCC=C4)n2)CC=C1)c1ccc(-c2cc(-c3ccccc3)nc(-c3ccc4c(c3)CC=CC=C4)n2)cc1. The lowest BCUT2D eigenvalue weighted by atomic mass is 9.73. The van der Waals surface area contributed by atoms with E-state index in [-0.39, 0.29) is 0 Å². The van der Waals surface area contributed by atoms with Crippen molar-refractivity contribution in [2.45, 2.75) is 43.9 Å². The molecule has 0 N–H and O–H groups in total. The maximum Gasteiger partial charge on any atom is 0.160 e. The first kappa shape index (κ1) is 41.2. The van der Waals surface area contributed by atoms with Crippen molar-refractivity contribution in [3.63, 3.8) is 0 Å². The Bertz CT molecular complexity index is 3100. The standard InChI is InChI=1S/C61H50N4/c1-3-61(4-2,54-37-34-48(35-38-54)58-42-56(46-23-14-9-15-24-46)63-60(65-58)52-32-30-44-20-13-8-17-26-50(44)40-52)53-28-18-27-47(33-36-53)57-41-55(45-21-10-5-6-11-22-45)62-59(64-57)51-31-29-43-19-12-7-16-25-49(43)39-51/h3-4,8-10,12-25,28-42H,1-2,5-7,11,26-27H2. The molecule has 314 valence electrons. The van der Waals surface area contributed by atoms with Crippen molar-refractivity contribution in [2.75, 3.05) is 0 Å². The Hall–Kier alpha value is -7.82. The van der Waals surface area contributed by atoms with Gasteiger partial charge >= 0.3 is 0 Å². The molecule has 0 bridgehead atoms. The number of hydrogen-bond donors (Lipinski definition) is 0. The lowest BCUT2D eigenvalue weighted by Gasteiger charge is -2.29. The second-order valence-corrected chi connectivity index (χ2v) is 16.8. The Morgan fingerprint density at radius 1 is 0.492 bits per heavy atom. The molecule has 0 fully saturated rings. The number of rotatable bonds is 10. The molecule has 0 aliphatic heterocycles. The minimum Gasteiger partial charge on any atom is -0.228 e. The number of benzene rings is 4. The molecule has 0 saturated carbocycles. The number of nitrogens with zero attached hydrogens (tertiary/aromatic N) is 4. The van der Waals surface area contributed by atoms with Crippen molar-refractivity contribution in [2.24, 2.45) is 0 Å². The van der Waals surface area contributed by atoms with Gasteiger partial charge in [-0.2, -0.15) is 0 Å². The van der Waals surface area contributed by atoms with Gasteiger partial charge in [0.15, 0.2) is 11.6 Å². The molecule has 0 atom stereocenters. The van der Waals surface area contributed by atoms with E-state index in [0.717, 1.165) is 105 Å². The molecular formula is C61H50N4. The maximum absolute atomic E-state index is 5.27. The Balaban J connectivity index is 1.00. The first-order valence-corrected chi connectivity index (χ1v) is 22.7. The van der Waals surface area contributed by atoms with Gasteiger partial charge in [0.2, 0.25) is 0 Å². The van der Waals surface area contributed by atoms with Crippen LogP contribution in [0.25, 0.3) is 74.7 Å². The zero-order chi connectivity index (χ0) is 44.0. The number of hydrogen-bond acceptors (Lipinski definition) is 4. The summed E-state index contributed by atoms with van der Waals surface area (Å²) >= 11 is 0. The summed E-state index contributed by atoms with van der Waals surface area (Å²) in [6, 6.07) is 36.3. The van der Waals surface area contributed by atoms with Crippen molar-refractivity contribution in [3.05, 3.63) is 246 Å². The van der Waals surface area contributed by atoms with E-state index in [1.165, 1.54) is 22.3 Å². The molecule has 4 nitrogen and oxygen atoms in total. The molecule has 10 rings (SSSR count). The summed E-state index contributed by atoms with van der Waals surface area (Å²) in [5.41, 5.74) is 16.3. The van der Waals surface area contributed by atoms with Crippen molar-refractivity contribution >= 4 is 29.4 Å². The van der Waals surface area contributed by atoms with E-state index in [0.29, 0.717) is 12.2 Å². The fourth-order valence-electron chi connectivity index (χ4n) is 9.06. The zero-order valence-electron chi connectivity index (χ0n) is 36.6. The molecule has 6 aromatic rings. The molecule has 0 radical (unpaired) electrons. The first-order chi connectivity index (χ1) is 32.1. The third-order valence-corrected chi connectivity index (χ3v) is 12.7. The number of allylic oxidation sites excluding steroid dienone is 17. The van der Waals surface area contributed by atoms with Crippen LogP contribution in [0.2, 0.25) is 0 Å². The van der Waals surface area contributed by atoms with Crippen LogP contribution < -0.4 is 0 Å². The highest BCUT2D eigenvalue weighted by Gasteiger charge is 2.29. The normalized spacial score (nSPS) is 15.4. The van der Waals surface area contributed by atoms with Gasteiger partial charge in [-0.15, -0.1) is 13.2 Å². The Morgan fingerprint density at radius 2 is 1.18 bits per heavy atom. The highest BCUT2D eigenvalue weighted by molar-refractivity contribution is 5.79. The summed E-state index contributed by atoms with van der Waals surface area (Å²) in [4.78, 5) is 20.8. The van der Waals surface area contributed by atoms with Gasteiger partial charge in [-0.05, 0) is 107 Å². The summed E-state index contributed by atoms with van der Waals surface area (Å²) < 4.78 is 0. The third-order valence-electron chi connectivity index (χ3n) is 12.7. The number of aromatic nitrogens is 4. The Morgan fingerprint density at radius 3 is 1.98 bits per heavy atom. The number of fused-ring (bicyclic) bond motifs is 2. The highest BCUT2D eigenvalue weighted by atomic mass is 14.9. The van der Waals surface area contributed by atoms with Gasteiger partial charge in [0.05, 0.1) is 28.2 Å². The Labute approximate surface area is 383 Å². The summed E-state index contributed by atoms with van der Waals surface area (Å²) in [6.45, 7) is 8.77. The van der Waals surface area contributed by atoms with Crippen LogP contribution in [0.15, 0.2) is 207 Å². The summed E-state index contributed by atoms with van der Waals surface area (Å²) in [5.74, 6) is 1.43. The minimum atomic E-state index is -0.653. The van der Waals surface area contributed by atoms with E-state index in [4.69, 9.17) is 19.9 Å². The predicted octanol–water partition coefficient (Wildman–Crippen LogP) is 15.2. The summed E-state index contributed by atoms with van der Waals surface area (Å²) in [7, 11) is 0. The quantitative estimate of drug-likeness (QED) is 0.129. The predicted molar refractivity (Wildman–Crippen MR) is 273 cm³/mol. The zero-order valence-corrected chi connectivity index (χ0v) is 36.6. The fraction of sp³-hybridized carbons (Fsp3) is 0.115. The molecule has 4 aliphatic rings. The molecule has 65 heavy (non-hydrogen) atoms. The van der Waals surface area contributed by atoms with Crippen LogP contribution in [0, 0.1) is 0 Å². The first-order valence-electron chi connectivity index (χ1n) is 22.7. The average molecular weight is 839 g/mol. The van der Waals surface area contributed by atoms with E-state index in [9.17, 15) is 0 Å².